The van der Waals surface area contributed by atoms with Crippen molar-refractivity contribution < 1.29 is 23.8 Å². The number of hydrogen-bond donors (Lipinski definition) is 2. The second kappa shape index (κ2) is 9.67. The van der Waals surface area contributed by atoms with Crippen molar-refractivity contribution in [2.45, 2.75) is 39.7 Å². The van der Waals surface area contributed by atoms with Gasteiger partial charge in [-0.15, -0.1) is 0 Å². The molecule has 0 unspecified atom stereocenters. The molecular weight excluding hydrogens is 434 g/mol. The Hall–Kier alpha value is -3.68. The van der Waals surface area contributed by atoms with Gasteiger partial charge in [0.25, 0.3) is 5.91 Å². The van der Waals surface area contributed by atoms with Gasteiger partial charge in [0.2, 0.25) is 0 Å². The summed E-state index contributed by atoms with van der Waals surface area (Å²) in [6, 6.07) is 7.01. The van der Waals surface area contributed by atoms with Crippen LogP contribution in [-0.4, -0.2) is 44.1 Å². The number of aromatic nitrogens is 1. The lowest BCUT2D eigenvalue weighted by atomic mass is 9.84. The number of hydrogen-bond acceptors (Lipinski definition) is 6. The number of methoxy groups -OCH3 is 2. The summed E-state index contributed by atoms with van der Waals surface area (Å²) >= 11 is 0. The normalized spacial score (nSPS) is 11.4. The van der Waals surface area contributed by atoms with Crippen molar-refractivity contribution in [1.29, 1.82) is 0 Å². The Bertz CT molecular complexity index is 1240. The van der Waals surface area contributed by atoms with Gasteiger partial charge < -0.3 is 29.8 Å². The van der Waals surface area contributed by atoms with E-state index >= 15 is 0 Å². The van der Waals surface area contributed by atoms with Gasteiger partial charge in [-0.2, -0.15) is 0 Å². The van der Waals surface area contributed by atoms with Crippen molar-refractivity contribution in [2.75, 3.05) is 33.6 Å². The molecule has 3 rings (SSSR count). The number of nitrogens with two attached hydrogens (primary N) is 1. The number of nitrogens with one attached hydrogen (secondary N) is 1. The number of Topliss-reactive ketones (excluding diaryl/α,β-unsaturated/α-hetero) is 1. The van der Waals surface area contributed by atoms with Gasteiger partial charge in [0.15, 0.2) is 17.3 Å². The van der Waals surface area contributed by atoms with Crippen molar-refractivity contribution >= 4 is 28.3 Å². The maximum absolute atomic E-state index is 13.3. The minimum atomic E-state index is -0.270. The molecule has 2 aromatic carbocycles. The van der Waals surface area contributed by atoms with Crippen LogP contribution in [0.15, 0.2) is 30.5 Å². The van der Waals surface area contributed by atoms with E-state index in [-0.39, 0.29) is 23.7 Å². The van der Waals surface area contributed by atoms with Gasteiger partial charge >= 0.3 is 0 Å². The highest BCUT2D eigenvalue weighted by Gasteiger charge is 2.25. The molecule has 0 spiro atoms. The van der Waals surface area contributed by atoms with Gasteiger partial charge in [-0.25, -0.2) is 0 Å². The first-order chi connectivity index (χ1) is 16.0. The first-order valence-electron chi connectivity index (χ1n) is 11.1. The molecule has 0 aliphatic carbocycles. The Morgan fingerprint density at radius 1 is 1.06 bits per heavy atom. The summed E-state index contributed by atoms with van der Waals surface area (Å²) in [5, 5.41) is 4.08. The predicted octanol–water partition coefficient (Wildman–Crippen LogP) is 4.18. The number of benzene rings is 2. The lowest BCUT2D eigenvalue weighted by Crippen LogP contribution is -2.19. The van der Waals surface area contributed by atoms with E-state index in [2.05, 4.69) is 26.1 Å². The van der Waals surface area contributed by atoms with Crippen LogP contribution in [0.3, 0.4) is 0 Å². The third-order valence-corrected chi connectivity index (χ3v) is 5.73. The van der Waals surface area contributed by atoms with E-state index in [9.17, 15) is 9.59 Å². The standard InChI is InChI=1S/C26H33N3O5/c1-8-34-21-11-16-13-29(24(27)17(16)12-18(21)25(31)28-5)14-20(30)15-9-19(26(2,3)4)23(33-7)22(10-15)32-6/h9-13H,8,14,27H2,1-7H3,(H,28,31). The lowest BCUT2D eigenvalue weighted by molar-refractivity contribution is 0.0955. The summed E-state index contributed by atoms with van der Waals surface area (Å²) in [7, 11) is 4.70. The third kappa shape index (κ3) is 4.66. The van der Waals surface area contributed by atoms with E-state index in [0.717, 1.165) is 10.9 Å². The molecule has 1 aromatic heterocycles. The minimum Gasteiger partial charge on any atom is -0.493 e. The molecule has 0 atom stereocenters. The average Bonchev–Trinajstić information content (AvgIpc) is 3.10. The quantitative estimate of drug-likeness (QED) is 0.482. The second-order valence-corrected chi connectivity index (χ2v) is 9.02. The molecule has 0 radical (unpaired) electrons. The van der Waals surface area contributed by atoms with Gasteiger partial charge in [-0.3, -0.25) is 9.59 Å². The number of ketones is 1. The Kier molecular flexibility index (Phi) is 7.09. The van der Waals surface area contributed by atoms with Crippen molar-refractivity contribution in [3.63, 3.8) is 0 Å². The molecule has 3 N–H and O–H groups in total. The zero-order chi connectivity index (χ0) is 25.2. The van der Waals surface area contributed by atoms with E-state index in [0.29, 0.717) is 46.2 Å². The van der Waals surface area contributed by atoms with Crippen molar-refractivity contribution in [3.05, 3.63) is 47.2 Å². The topological polar surface area (TPSA) is 105 Å². The number of fused-ring (bicyclic) bond motifs is 1. The maximum Gasteiger partial charge on any atom is 0.254 e. The van der Waals surface area contributed by atoms with Crippen molar-refractivity contribution in [3.8, 4) is 17.2 Å². The van der Waals surface area contributed by atoms with Gasteiger partial charge in [-0.05, 0) is 36.6 Å². The minimum absolute atomic E-state index is 0.0266. The number of rotatable bonds is 8. The summed E-state index contributed by atoms with van der Waals surface area (Å²) in [6.07, 6.45) is 1.80. The molecule has 8 nitrogen and oxygen atoms in total. The van der Waals surface area contributed by atoms with E-state index < -0.39 is 0 Å². The van der Waals surface area contributed by atoms with Crippen molar-refractivity contribution in [2.24, 2.45) is 0 Å². The Labute approximate surface area is 200 Å². The van der Waals surface area contributed by atoms with Crippen LogP contribution in [0.5, 0.6) is 17.2 Å². The molecule has 0 aliphatic heterocycles. The van der Waals surface area contributed by atoms with E-state index in [1.807, 2.05) is 13.0 Å². The lowest BCUT2D eigenvalue weighted by Gasteiger charge is -2.24. The Morgan fingerprint density at radius 3 is 2.32 bits per heavy atom. The van der Waals surface area contributed by atoms with Crippen LogP contribution >= 0.6 is 0 Å². The fourth-order valence-corrected chi connectivity index (χ4v) is 3.96. The zero-order valence-electron chi connectivity index (χ0n) is 20.9. The second-order valence-electron chi connectivity index (χ2n) is 9.02. The predicted molar refractivity (Wildman–Crippen MR) is 133 cm³/mol. The highest BCUT2D eigenvalue weighted by molar-refractivity contribution is 6.05. The highest BCUT2D eigenvalue weighted by Crippen LogP contribution is 2.40. The first-order valence-corrected chi connectivity index (χ1v) is 11.1. The highest BCUT2D eigenvalue weighted by atomic mass is 16.5. The Balaban J connectivity index is 2.05. The number of nitrogen functional groups attached to an aromatic ring is 1. The summed E-state index contributed by atoms with van der Waals surface area (Å²) in [5.74, 6) is 1.58. The molecule has 3 aromatic rings. The largest absolute Gasteiger partial charge is 0.493 e. The molecule has 0 aliphatic rings. The molecule has 182 valence electrons. The molecular formula is C26H33N3O5. The zero-order valence-corrected chi connectivity index (χ0v) is 20.9. The van der Waals surface area contributed by atoms with Crippen LogP contribution in [-0.2, 0) is 12.0 Å². The maximum atomic E-state index is 13.3. The molecule has 0 bridgehead atoms. The monoisotopic (exact) mass is 467 g/mol. The SMILES string of the molecule is CCOc1cc2cn(CC(=O)c3cc(OC)c(OC)c(C(C)(C)C)c3)c(N)c2cc1C(=O)NC. The van der Waals surface area contributed by atoms with Crippen LogP contribution in [0.25, 0.3) is 10.8 Å². The molecule has 34 heavy (non-hydrogen) atoms. The summed E-state index contributed by atoms with van der Waals surface area (Å²) < 4.78 is 18.4. The third-order valence-electron chi connectivity index (χ3n) is 5.73. The van der Waals surface area contributed by atoms with Crippen molar-refractivity contribution in [1.82, 2.24) is 9.88 Å². The smallest absolute Gasteiger partial charge is 0.254 e. The first kappa shape index (κ1) is 25.0. The van der Waals surface area contributed by atoms with E-state index in [1.54, 1.807) is 50.2 Å². The number of carbonyl (C=O) groups is 2. The molecule has 0 saturated heterocycles. The number of ether oxygens (including phenoxy) is 3. The van der Waals surface area contributed by atoms with Crippen LogP contribution in [0, 0.1) is 0 Å². The summed E-state index contributed by atoms with van der Waals surface area (Å²) in [5.41, 5.74) is 7.90. The van der Waals surface area contributed by atoms with Crippen LogP contribution in [0.4, 0.5) is 5.82 Å². The summed E-state index contributed by atoms with van der Waals surface area (Å²) in [4.78, 5) is 25.7. The average molecular weight is 468 g/mol. The van der Waals surface area contributed by atoms with Crippen LogP contribution in [0.2, 0.25) is 0 Å². The molecule has 1 amide bonds. The fraction of sp³-hybridized carbons (Fsp3) is 0.385. The Morgan fingerprint density at radius 2 is 1.76 bits per heavy atom. The van der Waals surface area contributed by atoms with Gasteiger partial charge in [0.05, 0.1) is 32.9 Å². The number of anilines is 1. The number of nitrogens with zero attached hydrogens (tertiary/aromatic N) is 1. The van der Waals surface area contributed by atoms with E-state index in [4.69, 9.17) is 19.9 Å². The van der Waals surface area contributed by atoms with Crippen LogP contribution < -0.4 is 25.3 Å². The summed E-state index contributed by atoms with van der Waals surface area (Å²) in [6.45, 7) is 8.45. The van der Waals surface area contributed by atoms with Crippen LogP contribution in [0.1, 0.15) is 54.0 Å². The van der Waals surface area contributed by atoms with Gasteiger partial charge in [0, 0.05) is 35.1 Å². The number of carbonyl (C=O) groups excluding carboxylic acids is 2. The molecule has 8 heteroatoms. The van der Waals surface area contributed by atoms with Gasteiger partial charge in [0.1, 0.15) is 11.6 Å². The van der Waals surface area contributed by atoms with Gasteiger partial charge in [-0.1, -0.05) is 20.8 Å². The fourth-order valence-electron chi connectivity index (χ4n) is 3.96. The number of amides is 1. The molecule has 0 saturated carbocycles. The molecule has 0 fully saturated rings. The molecule has 1 heterocycles. The van der Waals surface area contributed by atoms with E-state index in [1.165, 1.54) is 0 Å².